The molecule has 18 heavy (non-hydrogen) atoms. The number of phenols is 1. The summed E-state index contributed by atoms with van der Waals surface area (Å²) in [6, 6.07) is 4.23. The molecule has 1 aliphatic heterocycles. The van der Waals surface area contributed by atoms with Crippen LogP contribution in [-0.4, -0.2) is 16.6 Å². The van der Waals surface area contributed by atoms with E-state index in [1.807, 2.05) is 6.92 Å². The molecule has 2 nitrogen and oxygen atoms in total. The Bertz CT molecular complexity index is 543. The number of aromatic hydroxyl groups is 1. The van der Waals surface area contributed by atoms with Crippen LogP contribution in [-0.2, 0) is 0 Å². The van der Waals surface area contributed by atoms with Crippen LogP contribution in [0.5, 0.6) is 5.75 Å². The standard InChI is InChI=1S/C14H13ClFNO/c1-3-17-9(2)10(15)7-8-12(17)14-11(16)5-4-6-13(14)18/h4-8,18H,2-3H2,1H3. The lowest BCUT2D eigenvalue weighted by molar-refractivity contribution is 0.457. The molecule has 2 rings (SSSR count). The molecule has 1 aromatic rings. The van der Waals surface area contributed by atoms with Crippen molar-refractivity contribution in [2.24, 2.45) is 0 Å². The van der Waals surface area contributed by atoms with E-state index >= 15 is 0 Å². The predicted octanol–water partition coefficient (Wildman–Crippen LogP) is 3.84. The van der Waals surface area contributed by atoms with E-state index in [4.69, 9.17) is 11.6 Å². The van der Waals surface area contributed by atoms with Gasteiger partial charge in [-0.15, -0.1) is 0 Å². The first kappa shape index (κ1) is 12.7. The van der Waals surface area contributed by atoms with Crippen LogP contribution in [0.3, 0.4) is 0 Å². The third-order valence-electron chi connectivity index (χ3n) is 2.84. The third kappa shape index (κ3) is 2.02. The van der Waals surface area contributed by atoms with Gasteiger partial charge in [0, 0.05) is 6.54 Å². The first-order valence-corrected chi connectivity index (χ1v) is 5.96. The van der Waals surface area contributed by atoms with Crippen LogP contribution in [0.15, 0.2) is 47.7 Å². The predicted molar refractivity (Wildman–Crippen MR) is 71.5 cm³/mol. The second-order valence-corrected chi connectivity index (χ2v) is 4.30. The minimum Gasteiger partial charge on any atom is -0.507 e. The van der Waals surface area contributed by atoms with Crippen molar-refractivity contribution in [2.45, 2.75) is 6.92 Å². The van der Waals surface area contributed by atoms with Gasteiger partial charge in [0.05, 0.1) is 22.0 Å². The minimum absolute atomic E-state index is 0.0982. The molecule has 0 fully saturated rings. The zero-order valence-corrected chi connectivity index (χ0v) is 10.7. The highest BCUT2D eigenvalue weighted by Gasteiger charge is 2.23. The van der Waals surface area contributed by atoms with E-state index in [-0.39, 0.29) is 11.3 Å². The zero-order chi connectivity index (χ0) is 13.3. The fourth-order valence-electron chi connectivity index (χ4n) is 1.96. The molecule has 1 aliphatic rings. The van der Waals surface area contributed by atoms with Gasteiger partial charge in [-0.25, -0.2) is 4.39 Å². The van der Waals surface area contributed by atoms with Crippen molar-refractivity contribution in [1.82, 2.24) is 4.90 Å². The molecule has 94 valence electrons. The lowest BCUT2D eigenvalue weighted by Crippen LogP contribution is -2.23. The average Bonchev–Trinajstić information content (AvgIpc) is 2.33. The van der Waals surface area contributed by atoms with Gasteiger partial charge in [-0.3, -0.25) is 0 Å². The third-order valence-corrected chi connectivity index (χ3v) is 3.19. The number of hydrogen-bond donors (Lipinski definition) is 1. The van der Waals surface area contributed by atoms with Gasteiger partial charge < -0.3 is 10.0 Å². The maximum absolute atomic E-state index is 13.9. The molecular weight excluding hydrogens is 253 g/mol. The molecule has 0 saturated carbocycles. The Kier molecular flexibility index (Phi) is 3.43. The topological polar surface area (TPSA) is 23.5 Å². The van der Waals surface area contributed by atoms with E-state index in [1.165, 1.54) is 18.2 Å². The molecule has 0 aromatic heterocycles. The van der Waals surface area contributed by atoms with Crippen LogP contribution in [0.25, 0.3) is 5.70 Å². The number of halogens is 2. The Morgan fingerprint density at radius 1 is 1.39 bits per heavy atom. The average molecular weight is 266 g/mol. The van der Waals surface area contributed by atoms with Gasteiger partial charge in [-0.05, 0) is 31.2 Å². The summed E-state index contributed by atoms with van der Waals surface area (Å²) >= 11 is 5.99. The lowest BCUT2D eigenvalue weighted by atomic mass is 10.1. The molecule has 0 radical (unpaired) electrons. The quantitative estimate of drug-likeness (QED) is 0.878. The molecule has 0 aliphatic carbocycles. The van der Waals surface area contributed by atoms with Crippen molar-refractivity contribution in [3.8, 4) is 5.75 Å². The van der Waals surface area contributed by atoms with Crippen molar-refractivity contribution in [3.05, 3.63) is 59.0 Å². The van der Waals surface area contributed by atoms with Crippen molar-refractivity contribution in [1.29, 1.82) is 0 Å². The number of nitrogens with zero attached hydrogens (tertiary/aromatic N) is 1. The summed E-state index contributed by atoms with van der Waals surface area (Å²) in [6.45, 7) is 6.36. The number of rotatable bonds is 2. The Labute approximate surface area is 110 Å². The van der Waals surface area contributed by atoms with Crippen molar-refractivity contribution in [3.63, 3.8) is 0 Å². The number of allylic oxidation sites excluding steroid dienone is 3. The Morgan fingerprint density at radius 3 is 2.72 bits per heavy atom. The molecule has 0 bridgehead atoms. The number of benzene rings is 1. The monoisotopic (exact) mass is 265 g/mol. The molecule has 1 aromatic carbocycles. The second kappa shape index (κ2) is 4.86. The molecule has 0 saturated heterocycles. The summed E-state index contributed by atoms with van der Waals surface area (Å²) in [6.07, 6.45) is 3.33. The maximum Gasteiger partial charge on any atom is 0.136 e. The summed E-state index contributed by atoms with van der Waals surface area (Å²) in [5.41, 5.74) is 1.32. The summed E-state index contributed by atoms with van der Waals surface area (Å²) in [7, 11) is 0. The van der Waals surface area contributed by atoms with Crippen LogP contribution < -0.4 is 0 Å². The lowest BCUT2D eigenvalue weighted by Gasteiger charge is -2.30. The molecule has 0 atom stereocenters. The first-order chi connectivity index (χ1) is 8.56. The second-order valence-electron chi connectivity index (χ2n) is 3.89. The first-order valence-electron chi connectivity index (χ1n) is 5.58. The van der Waals surface area contributed by atoms with Gasteiger partial charge in [0.15, 0.2) is 0 Å². The summed E-state index contributed by atoms with van der Waals surface area (Å²) in [5.74, 6) is -0.571. The molecule has 0 amide bonds. The zero-order valence-electron chi connectivity index (χ0n) is 9.95. The van der Waals surface area contributed by atoms with Crippen molar-refractivity contribution >= 4 is 17.3 Å². The van der Waals surface area contributed by atoms with Crippen LogP contribution >= 0.6 is 11.6 Å². The molecule has 0 unspecified atom stereocenters. The Morgan fingerprint density at radius 2 is 2.11 bits per heavy atom. The fourth-order valence-corrected chi connectivity index (χ4v) is 2.12. The SMILES string of the molecule is C=C1C(Cl)=CC=C(c2c(O)cccc2F)N1CC. The van der Waals surface area contributed by atoms with Crippen LogP contribution in [0.4, 0.5) is 4.39 Å². The van der Waals surface area contributed by atoms with Gasteiger partial charge in [-0.2, -0.15) is 0 Å². The van der Waals surface area contributed by atoms with Crippen molar-refractivity contribution < 1.29 is 9.50 Å². The van der Waals surface area contributed by atoms with E-state index in [9.17, 15) is 9.50 Å². The highest BCUT2D eigenvalue weighted by molar-refractivity contribution is 6.32. The largest absolute Gasteiger partial charge is 0.507 e. The molecular formula is C14H13ClFNO. The Hall–Kier alpha value is -1.74. The highest BCUT2D eigenvalue weighted by atomic mass is 35.5. The van der Waals surface area contributed by atoms with Crippen LogP contribution in [0, 0.1) is 5.82 Å². The van der Waals surface area contributed by atoms with E-state index in [0.717, 1.165) is 0 Å². The molecule has 4 heteroatoms. The maximum atomic E-state index is 13.9. The number of likely N-dealkylation sites (N-methyl/N-ethyl adjacent to an activating group) is 1. The highest BCUT2D eigenvalue weighted by Crippen LogP contribution is 2.36. The molecule has 0 spiro atoms. The normalized spacial score (nSPS) is 15.5. The van der Waals surface area contributed by atoms with E-state index in [1.54, 1.807) is 17.1 Å². The molecule has 1 N–H and O–H groups in total. The van der Waals surface area contributed by atoms with Gasteiger partial charge in [0.1, 0.15) is 11.6 Å². The smallest absolute Gasteiger partial charge is 0.136 e. The number of hydrogen-bond acceptors (Lipinski definition) is 2. The van der Waals surface area contributed by atoms with Crippen LogP contribution in [0.1, 0.15) is 12.5 Å². The van der Waals surface area contributed by atoms with Crippen molar-refractivity contribution in [2.75, 3.05) is 6.54 Å². The van der Waals surface area contributed by atoms with Gasteiger partial charge in [-0.1, -0.05) is 24.2 Å². The summed E-state index contributed by atoms with van der Waals surface area (Å²) < 4.78 is 13.9. The van der Waals surface area contributed by atoms with E-state index in [2.05, 4.69) is 6.58 Å². The summed E-state index contributed by atoms with van der Waals surface area (Å²) in [4.78, 5) is 1.76. The fraction of sp³-hybridized carbons (Fsp3) is 0.143. The minimum atomic E-state index is -0.473. The molecule has 1 heterocycles. The Balaban J connectivity index is 2.59. The van der Waals surface area contributed by atoms with Gasteiger partial charge >= 0.3 is 0 Å². The van der Waals surface area contributed by atoms with E-state index < -0.39 is 5.82 Å². The van der Waals surface area contributed by atoms with Crippen LogP contribution in [0.2, 0.25) is 0 Å². The summed E-state index contributed by atoms with van der Waals surface area (Å²) in [5, 5.41) is 10.3. The van der Waals surface area contributed by atoms with Gasteiger partial charge in [0.25, 0.3) is 0 Å². The number of phenolic OH excluding ortho intramolecular Hbond substituents is 1. The van der Waals surface area contributed by atoms with E-state index in [0.29, 0.717) is 23.0 Å². The van der Waals surface area contributed by atoms with Gasteiger partial charge in [0.2, 0.25) is 0 Å².